The minimum Gasteiger partial charge on any atom is -0.376 e. The molecule has 1 aliphatic rings. The largest absolute Gasteiger partial charge is 0.376 e. The molecule has 1 amide bonds. The van der Waals surface area contributed by atoms with Crippen LogP contribution in [0.5, 0.6) is 0 Å². The number of halogens is 2. The Morgan fingerprint density at radius 3 is 2.80 bits per heavy atom. The first-order valence-electron chi connectivity index (χ1n) is 8.73. The van der Waals surface area contributed by atoms with Gasteiger partial charge in [0.05, 0.1) is 18.8 Å². The predicted octanol–water partition coefficient (Wildman–Crippen LogP) is 3.79. The molecule has 6 heteroatoms. The Morgan fingerprint density at radius 2 is 2.20 bits per heavy atom. The van der Waals surface area contributed by atoms with Crippen LogP contribution < -0.4 is 5.32 Å². The summed E-state index contributed by atoms with van der Waals surface area (Å²) in [6, 6.07) is 4.38. The van der Waals surface area contributed by atoms with E-state index in [1.807, 2.05) is 27.7 Å². The van der Waals surface area contributed by atoms with E-state index in [9.17, 15) is 9.18 Å². The van der Waals surface area contributed by atoms with Crippen molar-refractivity contribution in [2.45, 2.75) is 46.3 Å². The zero-order chi connectivity index (χ0) is 18.6. The highest BCUT2D eigenvalue weighted by atomic mass is 35.5. The molecule has 1 heterocycles. The van der Waals surface area contributed by atoms with Gasteiger partial charge in [-0.2, -0.15) is 0 Å². The van der Waals surface area contributed by atoms with E-state index in [-0.39, 0.29) is 29.3 Å². The van der Waals surface area contributed by atoms with Crippen molar-refractivity contribution in [3.05, 3.63) is 34.6 Å². The van der Waals surface area contributed by atoms with E-state index in [1.54, 1.807) is 12.1 Å². The van der Waals surface area contributed by atoms with Gasteiger partial charge < -0.3 is 10.1 Å². The zero-order valence-corrected chi connectivity index (χ0v) is 16.2. The first kappa shape index (κ1) is 20.1. The number of benzene rings is 1. The van der Waals surface area contributed by atoms with Crippen molar-refractivity contribution in [3.8, 4) is 0 Å². The first-order chi connectivity index (χ1) is 11.7. The van der Waals surface area contributed by atoms with Gasteiger partial charge in [-0.15, -0.1) is 0 Å². The molecule has 25 heavy (non-hydrogen) atoms. The van der Waals surface area contributed by atoms with Crippen LogP contribution in [0.1, 0.15) is 45.7 Å². The van der Waals surface area contributed by atoms with Crippen LogP contribution in [-0.4, -0.2) is 43.2 Å². The maximum absolute atomic E-state index is 14.5. The van der Waals surface area contributed by atoms with E-state index in [2.05, 4.69) is 10.2 Å². The smallest absolute Gasteiger partial charge is 0.220 e. The molecule has 1 aromatic rings. The minimum atomic E-state index is -0.346. The Balaban J connectivity index is 2.19. The number of carbonyl (C=O) groups excluding carboxylic acids is 1. The van der Waals surface area contributed by atoms with Gasteiger partial charge in [0.15, 0.2) is 0 Å². The van der Waals surface area contributed by atoms with Crippen LogP contribution in [0.3, 0.4) is 0 Å². The van der Waals surface area contributed by atoms with Crippen LogP contribution in [0.15, 0.2) is 18.2 Å². The van der Waals surface area contributed by atoms with Gasteiger partial charge in [-0.05, 0) is 24.5 Å². The molecule has 0 spiro atoms. The minimum absolute atomic E-state index is 0.0359. The average Bonchev–Trinajstić information content (AvgIpc) is 2.48. The number of nitrogens with one attached hydrogen (secondary N) is 1. The molecule has 0 saturated carbocycles. The third-order valence-electron chi connectivity index (χ3n) is 4.23. The Bertz CT molecular complexity index is 583. The summed E-state index contributed by atoms with van der Waals surface area (Å²) < 4.78 is 20.1. The summed E-state index contributed by atoms with van der Waals surface area (Å²) in [4.78, 5) is 14.4. The molecule has 140 valence electrons. The summed E-state index contributed by atoms with van der Waals surface area (Å²) in [5.41, 5.74) is 0.345. The monoisotopic (exact) mass is 370 g/mol. The lowest BCUT2D eigenvalue weighted by molar-refractivity contribution is -0.123. The normalized spacial score (nSPS) is 20.3. The number of ether oxygens (including phenoxy) is 1. The SMILES string of the molecule is C[C@H]1CN([C@H](CNC(=O)CC(C)(C)C)c2c(F)cccc2Cl)CCO1. The number of morpholine rings is 1. The van der Waals surface area contributed by atoms with E-state index >= 15 is 0 Å². The number of amides is 1. The van der Waals surface area contributed by atoms with Crippen LogP contribution in [-0.2, 0) is 9.53 Å². The molecular formula is C19H28ClFN2O2. The Labute approximate surface area is 154 Å². The molecule has 1 fully saturated rings. The summed E-state index contributed by atoms with van der Waals surface area (Å²) >= 11 is 6.29. The van der Waals surface area contributed by atoms with Gasteiger partial charge in [-0.3, -0.25) is 9.69 Å². The highest BCUT2D eigenvalue weighted by Gasteiger charge is 2.29. The first-order valence-corrected chi connectivity index (χ1v) is 9.11. The van der Waals surface area contributed by atoms with Crippen molar-refractivity contribution in [2.24, 2.45) is 5.41 Å². The van der Waals surface area contributed by atoms with E-state index in [4.69, 9.17) is 16.3 Å². The maximum Gasteiger partial charge on any atom is 0.220 e. The molecule has 2 atom stereocenters. The fourth-order valence-electron chi connectivity index (χ4n) is 3.13. The van der Waals surface area contributed by atoms with Crippen LogP contribution >= 0.6 is 11.6 Å². The molecule has 0 unspecified atom stereocenters. The van der Waals surface area contributed by atoms with Crippen LogP contribution in [0.25, 0.3) is 0 Å². The fraction of sp³-hybridized carbons (Fsp3) is 0.632. The average molecular weight is 371 g/mol. The number of nitrogens with zero attached hydrogens (tertiary/aromatic N) is 1. The number of hydrogen-bond donors (Lipinski definition) is 1. The van der Waals surface area contributed by atoms with Gasteiger partial charge in [0.1, 0.15) is 5.82 Å². The molecular weight excluding hydrogens is 343 g/mol. The van der Waals surface area contributed by atoms with Crippen molar-refractivity contribution in [3.63, 3.8) is 0 Å². The van der Waals surface area contributed by atoms with Gasteiger partial charge in [0, 0.05) is 36.6 Å². The van der Waals surface area contributed by atoms with Gasteiger partial charge in [-0.25, -0.2) is 4.39 Å². The number of hydrogen-bond acceptors (Lipinski definition) is 3. The van der Waals surface area contributed by atoms with Crippen molar-refractivity contribution in [1.82, 2.24) is 10.2 Å². The van der Waals surface area contributed by atoms with Crippen molar-refractivity contribution < 1.29 is 13.9 Å². The van der Waals surface area contributed by atoms with Crippen LogP contribution in [0.4, 0.5) is 4.39 Å². The van der Waals surface area contributed by atoms with Gasteiger partial charge in [-0.1, -0.05) is 38.4 Å². The topological polar surface area (TPSA) is 41.6 Å². The highest BCUT2D eigenvalue weighted by molar-refractivity contribution is 6.31. The molecule has 2 rings (SSSR count). The lowest BCUT2D eigenvalue weighted by Gasteiger charge is -2.38. The lowest BCUT2D eigenvalue weighted by atomic mass is 9.92. The summed E-state index contributed by atoms with van der Waals surface area (Å²) in [6.07, 6.45) is 0.483. The Morgan fingerprint density at radius 1 is 1.48 bits per heavy atom. The third-order valence-corrected chi connectivity index (χ3v) is 4.56. The molecule has 1 aromatic carbocycles. The fourth-order valence-corrected chi connectivity index (χ4v) is 3.41. The van der Waals surface area contributed by atoms with Gasteiger partial charge >= 0.3 is 0 Å². The van der Waals surface area contributed by atoms with E-state index < -0.39 is 0 Å². The molecule has 0 aliphatic carbocycles. The van der Waals surface area contributed by atoms with Crippen LogP contribution in [0, 0.1) is 11.2 Å². The molecule has 1 saturated heterocycles. The quantitative estimate of drug-likeness (QED) is 0.857. The van der Waals surface area contributed by atoms with Crippen molar-refractivity contribution in [2.75, 3.05) is 26.2 Å². The van der Waals surface area contributed by atoms with E-state index in [0.717, 1.165) is 0 Å². The summed E-state index contributed by atoms with van der Waals surface area (Å²) in [7, 11) is 0. The van der Waals surface area contributed by atoms with Crippen molar-refractivity contribution in [1.29, 1.82) is 0 Å². The molecule has 0 radical (unpaired) electrons. The second kappa shape index (κ2) is 8.47. The van der Waals surface area contributed by atoms with Crippen molar-refractivity contribution >= 4 is 17.5 Å². The summed E-state index contributed by atoms with van der Waals surface area (Å²) in [5.74, 6) is -0.381. The molecule has 1 N–H and O–H groups in total. The van der Waals surface area contributed by atoms with Gasteiger partial charge in [0.25, 0.3) is 0 Å². The lowest BCUT2D eigenvalue weighted by Crippen LogP contribution is -2.47. The maximum atomic E-state index is 14.5. The number of rotatable bonds is 5. The van der Waals surface area contributed by atoms with E-state index in [0.29, 0.717) is 43.2 Å². The summed E-state index contributed by atoms with van der Waals surface area (Å²) in [6.45, 7) is 10.3. The van der Waals surface area contributed by atoms with E-state index in [1.165, 1.54) is 6.07 Å². The number of carbonyl (C=O) groups is 1. The third kappa shape index (κ3) is 5.94. The Hall–Kier alpha value is -1.17. The van der Waals surface area contributed by atoms with Gasteiger partial charge in [0.2, 0.25) is 5.91 Å². The predicted molar refractivity (Wildman–Crippen MR) is 98.2 cm³/mol. The zero-order valence-electron chi connectivity index (χ0n) is 15.4. The molecule has 0 bridgehead atoms. The Kier molecular flexibility index (Phi) is 6.83. The molecule has 1 aliphatic heterocycles. The van der Waals surface area contributed by atoms with Crippen LogP contribution in [0.2, 0.25) is 5.02 Å². The molecule has 4 nitrogen and oxygen atoms in total. The summed E-state index contributed by atoms with van der Waals surface area (Å²) in [5, 5.41) is 3.34. The highest BCUT2D eigenvalue weighted by Crippen LogP contribution is 2.31. The standard InChI is InChI=1S/C19H28ClFN2O2/c1-13-12-23(8-9-25-13)16(11-22-17(24)10-19(2,3)4)18-14(20)6-5-7-15(18)21/h5-7,13,16H,8-12H2,1-4H3,(H,22,24)/t13-,16+/m0/s1. The second-order valence-electron chi connectivity index (χ2n) is 7.87. The molecule has 0 aromatic heterocycles. The second-order valence-corrected chi connectivity index (χ2v) is 8.28.